The molecule has 0 aliphatic carbocycles. The number of ether oxygens (including phenoxy) is 1. The van der Waals surface area contributed by atoms with Gasteiger partial charge in [0, 0.05) is 25.2 Å². The number of rotatable bonds is 4. The minimum absolute atomic E-state index is 0.0929. The lowest BCUT2D eigenvalue weighted by Gasteiger charge is -2.14. The summed E-state index contributed by atoms with van der Waals surface area (Å²) in [5, 5.41) is 0. The van der Waals surface area contributed by atoms with E-state index in [9.17, 15) is 9.59 Å². The molecule has 0 bridgehead atoms. The molecule has 1 amide bonds. The lowest BCUT2D eigenvalue weighted by atomic mass is 9.99. The Bertz CT molecular complexity index is 513. The van der Waals surface area contributed by atoms with E-state index in [0.717, 1.165) is 16.8 Å². The number of benzene rings is 1. The molecule has 0 spiro atoms. The van der Waals surface area contributed by atoms with Crippen molar-refractivity contribution >= 4 is 17.6 Å². The topological polar surface area (TPSA) is 72.6 Å². The van der Waals surface area contributed by atoms with E-state index >= 15 is 0 Å². The summed E-state index contributed by atoms with van der Waals surface area (Å²) in [6.07, 6.45) is 1.26. The summed E-state index contributed by atoms with van der Waals surface area (Å²) in [5.41, 5.74) is 8.94. The van der Waals surface area contributed by atoms with Gasteiger partial charge in [-0.2, -0.15) is 0 Å². The zero-order chi connectivity index (χ0) is 14.0. The summed E-state index contributed by atoms with van der Waals surface area (Å²) in [5.74, 6) is -0.165. The van der Waals surface area contributed by atoms with Crippen LogP contribution in [0, 0.1) is 0 Å². The Morgan fingerprint density at radius 3 is 2.95 bits per heavy atom. The third-order valence-corrected chi connectivity index (χ3v) is 3.50. The normalized spacial score (nSPS) is 15.3. The summed E-state index contributed by atoms with van der Waals surface area (Å²) in [6, 6.07) is 5.56. The quantitative estimate of drug-likeness (QED) is 0.826. The molecule has 1 heterocycles. The maximum absolute atomic E-state index is 11.6. The first kappa shape index (κ1) is 13.5. The molecule has 5 nitrogen and oxygen atoms in total. The molecule has 1 aliphatic heterocycles. The molecule has 2 N–H and O–H groups in total. The monoisotopic (exact) mass is 262 g/mol. The van der Waals surface area contributed by atoms with E-state index in [0.29, 0.717) is 19.3 Å². The van der Waals surface area contributed by atoms with Gasteiger partial charge in [0.2, 0.25) is 5.91 Å². The Balaban J connectivity index is 2.08. The number of hydrogen-bond acceptors (Lipinski definition) is 4. The number of anilines is 1. The van der Waals surface area contributed by atoms with E-state index in [1.807, 2.05) is 18.2 Å². The number of hydrogen-bond donors (Lipinski definition) is 1. The summed E-state index contributed by atoms with van der Waals surface area (Å²) < 4.78 is 4.59. The van der Waals surface area contributed by atoms with Crippen LogP contribution < -0.4 is 10.6 Å². The van der Waals surface area contributed by atoms with Gasteiger partial charge in [0.25, 0.3) is 0 Å². The van der Waals surface area contributed by atoms with Crippen LogP contribution in [0.3, 0.4) is 0 Å². The lowest BCUT2D eigenvalue weighted by molar-refractivity contribution is -0.140. The summed E-state index contributed by atoms with van der Waals surface area (Å²) in [7, 11) is 3.13. The van der Waals surface area contributed by atoms with Gasteiger partial charge in [0.1, 0.15) is 0 Å². The minimum Gasteiger partial charge on any atom is -0.469 e. The highest BCUT2D eigenvalue weighted by molar-refractivity contribution is 6.00. The average molecular weight is 262 g/mol. The third kappa shape index (κ3) is 2.76. The van der Waals surface area contributed by atoms with Crippen LogP contribution in [0.25, 0.3) is 0 Å². The molecule has 0 aromatic heterocycles. The van der Waals surface area contributed by atoms with Crippen LogP contribution in [0.15, 0.2) is 18.2 Å². The predicted molar refractivity (Wildman–Crippen MR) is 71.7 cm³/mol. The molecule has 2 rings (SSSR count). The maximum Gasteiger partial charge on any atom is 0.305 e. The van der Waals surface area contributed by atoms with Gasteiger partial charge in [-0.15, -0.1) is 0 Å². The van der Waals surface area contributed by atoms with Crippen molar-refractivity contribution in [2.75, 3.05) is 19.1 Å². The largest absolute Gasteiger partial charge is 0.469 e. The first-order chi connectivity index (χ1) is 9.02. The van der Waals surface area contributed by atoms with E-state index in [2.05, 4.69) is 4.74 Å². The number of fused-ring (bicyclic) bond motifs is 1. The number of methoxy groups -OCH3 is 1. The maximum atomic E-state index is 11.6. The SMILES string of the molecule is COC(=O)CCC(N)c1ccc2c(c1)CC(=O)N2C. The average Bonchev–Trinajstić information content (AvgIpc) is 2.70. The third-order valence-electron chi connectivity index (χ3n) is 3.50. The van der Waals surface area contributed by atoms with E-state index in [1.54, 1.807) is 11.9 Å². The predicted octanol–water partition coefficient (Wildman–Crippen LogP) is 1.16. The molecule has 1 aromatic carbocycles. The molecule has 5 heteroatoms. The van der Waals surface area contributed by atoms with Crippen molar-refractivity contribution in [3.8, 4) is 0 Å². The van der Waals surface area contributed by atoms with Crippen LogP contribution in [0.5, 0.6) is 0 Å². The van der Waals surface area contributed by atoms with Crippen LogP contribution >= 0.6 is 0 Å². The molecular formula is C14H18N2O3. The highest BCUT2D eigenvalue weighted by Crippen LogP contribution is 2.30. The van der Waals surface area contributed by atoms with Gasteiger partial charge in [-0.3, -0.25) is 9.59 Å². The second-order valence-electron chi connectivity index (χ2n) is 4.74. The summed E-state index contributed by atoms with van der Waals surface area (Å²) >= 11 is 0. The van der Waals surface area contributed by atoms with Crippen LogP contribution in [-0.2, 0) is 20.7 Å². The van der Waals surface area contributed by atoms with E-state index in [4.69, 9.17) is 5.73 Å². The van der Waals surface area contributed by atoms with Gasteiger partial charge in [-0.05, 0) is 23.6 Å². The lowest BCUT2D eigenvalue weighted by Crippen LogP contribution is -2.20. The number of carbonyl (C=O) groups is 2. The van der Waals surface area contributed by atoms with E-state index in [-0.39, 0.29) is 17.9 Å². The standard InChI is InChI=1S/C14H18N2O3/c1-16-12-5-3-9(7-10(12)8-13(16)17)11(15)4-6-14(18)19-2/h3,5,7,11H,4,6,8,15H2,1-2H3. The van der Waals surface area contributed by atoms with Crippen LogP contribution in [-0.4, -0.2) is 26.0 Å². The fraction of sp³-hybridized carbons (Fsp3) is 0.429. The molecule has 19 heavy (non-hydrogen) atoms. The van der Waals surface area contributed by atoms with Gasteiger partial charge in [-0.1, -0.05) is 12.1 Å². The molecule has 0 fully saturated rings. The van der Waals surface area contributed by atoms with Gasteiger partial charge in [0.15, 0.2) is 0 Å². The molecule has 1 aliphatic rings. The van der Waals surface area contributed by atoms with Crippen molar-refractivity contribution < 1.29 is 14.3 Å². The molecule has 0 saturated heterocycles. The Morgan fingerprint density at radius 2 is 2.26 bits per heavy atom. The first-order valence-electron chi connectivity index (χ1n) is 6.24. The minimum atomic E-state index is -0.258. The molecule has 1 aromatic rings. The molecule has 1 unspecified atom stereocenters. The van der Waals surface area contributed by atoms with Crippen LogP contribution in [0.4, 0.5) is 5.69 Å². The Hall–Kier alpha value is -1.88. The summed E-state index contributed by atoms with van der Waals surface area (Å²) in [4.78, 5) is 24.3. The number of nitrogens with two attached hydrogens (primary N) is 1. The smallest absolute Gasteiger partial charge is 0.305 e. The molecule has 102 valence electrons. The number of nitrogens with zero attached hydrogens (tertiary/aromatic N) is 1. The van der Waals surface area contributed by atoms with Gasteiger partial charge in [0.05, 0.1) is 13.5 Å². The zero-order valence-electron chi connectivity index (χ0n) is 11.2. The number of esters is 1. The number of carbonyl (C=O) groups excluding carboxylic acids is 2. The highest BCUT2D eigenvalue weighted by Gasteiger charge is 2.24. The Labute approximate surface area is 112 Å². The van der Waals surface area contributed by atoms with Gasteiger partial charge in [-0.25, -0.2) is 0 Å². The van der Waals surface area contributed by atoms with Crippen LogP contribution in [0.2, 0.25) is 0 Å². The van der Waals surface area contributed by atoms with Crippen molar-refractivity contribution in [3.05, 3.63) is 29.3 Å². The highest BCUT2D eigenvalue weighted by atomic mass is 16.5. The molecular weight excluding hydrogens is 244 g/mol. The van der Waals surface area contributed by atoms with Crippen molar-refractivity contribution in [3.63, 3.8) is 0 Å². The van der Waals surface area contributed by atoms with Crippen molar-refractivity contribution in [1.29, 1.82) is 0 Å². The molecule has 0 saturated carbocycles. The van der Waals surface area contributed by atoms with Crippen molar-refractivity contribution in [1.82, 2.24) is 0 Å². The first-order valence-corrected chi connectivity index (χ1v) is 6.24. The van der Waals surface area contributed by atoms with Crippen LogP contribution in [0.1, 0.15) is 30.0 Å². The summed E-state index contributed by atoms with van der Waals surface area (Å²) in [6.45, 7) is 0. The van der Waals surface area contributed by atoms with Gasteiger partial charge >= 0.3 is 5.97 Å². The zero-order valence-corrected chi connectivity index (χ0v) is 11.2. The van der Waals surface area contributed by atoms with Crippen molar-refractivity contribution in [2.24, 2.45) is 5.73 Å². The van der Waals surface area contributed by atoms with Gasteiger partial charge < -0.3 is 15.4 Å². The van der Waals surface area contributed by atoms with E-state index in [1.165, 1.54) is 7.11 Å². The Morgan fingerprint density at radius 1 is 1.53 bits per heavy atom. The number of likely N-dealkylation sites (N-methyl/N-ethyl adjacent to an activating group) is 1. The van der Waals surface area contributed by atoms with E-state index < -0.39 is 0 Å². The van der Waals surface area contributed by atoms with Crippen molar-refractivity contribution in [2.45, 2.75) is 25.3 Å². The fourth-order valence-corrected chi connectivity index (χ4v) is 2.26. The fourth-order valence-electron chi connectivity index (χ4n) is 2.26. The molecule has 0 radical (unpaired) electrons. The second-order valence-corrected chi connectivity index (χ2v) is 4.74. The Kier molecular flexibility index (Phi) is 3.85. The second kappa shape index (κ2) is 5.40. The molecule has 1 atom stereocenters. The number of amides is 1.